The second kappa shape index (κ2) is 9.23. The highest BCUT2D eigenvalue weighted by molar-refractivity contribution is 6.30. The third kappa shape index (κ3) is 6.29. The average Bonchev–Trinajstić information content (AvgIpc) is 2.64. The summed E-state index contributed by atoms with van der Waals surface area (Å²) in [5.41, 5.74) is 4.30. The summed E-state index contributed by atoms with van der Waals surface area (Å²) < 4.78 is 10.4. The van der Waals surface area contributed by atoms with E-state index >= 15 is 0 Å². The Morgan fingerprint density at radius 3 is 2.15 bits per heavy atom. The van der Waals surface area contributed by atoms with Crippen LogP contribution in [0.25, 0.3) is 0 Å². The maximum Gasteiger partial charge on any atom is 0.339 e. The summed E-state index contributed by atoms with van der Waals surface area (Å²) in [7, 11) is 0. The minimum Gasteiger partial charge on any atom is -0.619 e. The Kier molecular flexibility index (Phi) is 6.75. The van der Waals surface area contributed by atoms with Crippen LogP contribution in [-0.4, -0.2) is 31.0 Å². The van der Waals surface area contributed by atoms with Gasteiger partial charge < -0.3 is 14.7 Å². The number of hydrogen-bond acceptors (Lipinski definition) is 6. The van der Waals surface area contributed by atoms with Gasteiger partial charge in [-0.15, -0.1) is 0 Å². The number of carbonyl (C=O) groups excluding carboxylic acids is 3. The number of nitrogens with one attached hydrogen (secondary N) is 2. The van der Waals surface area contributed by atoms with Gasteiger partial charge in [0.1, 0.15) is 5.75 Å². The summed E-state index contributed by atoms with van der Waals surface area (Å²) in [6.07, 6.45) is 2.25. The van der Waals surface area contributed by atoms with E-state index in [9.17, 15) is 19.6 Å². The van der Waals surface area contributed by atoms with E-state index in [4.69, 9.17) is 21.1 Å². The van der Waals surface area contributed by atoms with Crippen molar-refractivity contribution in [2.75, 3.05) is 13.2 Å². The van der Waals surface area contributed by atoms with E-state index < -0.39 is 24.4 Å². The maximum absolute atomic E-state index is 11.7. The molecule has 0 aliphatic heterocycles. The largest absolute Gasteiger partial charge is 0.619 e. The predicted molar refractivity (Wildman–Crippen MR) is 88.9 cm³/mol. The second-order valence-electron chi connectivity index (χ2n) is 4.86. The standard InChI is InChI=1S/C16H14ClN3O6/c17-12-1-3-13(4-2-12)25-9-14(21)18-19-15(22)10-26-16(23)11-5-7-20(24)8-6-11/h1-8H,9-10H2,(H,18,21)(H,19,22). The van der Waals surface area contributed by atoms with E-state index in [-0.39, 0.29) is 12.2 Å². The maximum atomic E-state index is 11.7. The van der Waals surface area contributed by atoms with Crippen LogP contribution >= 0.6 is 11.6 Å². The molecule has 0 unspecified atom stereocenters. The molecule has 0 aliphatic rings. The van der Waals surface area contributed by atoms with Crippen molar-refractivity contribution in [3.8, 4) is 5.75 Å². The highest BCUT2D eigenvalue weighted by atomic mass is 35.5. The monoisotopic (exact) mass is 379 g/mol. The molecule has 26 heavy (non-hydrogen) atoms. The molecule has 0 saturated heterocycles. The molecule has 0 spiro atoms. The van der Waals surface area contributed by atoms with Gasteiger partial charge in [0.25, 0.3) is 11.8 Å². The van der Waals surface area contributed by atoms with Crippen molar-refractivity contribution in [3.63, 3.8) is 0 Å². The Morgan fingerprint density at radius 2 is 1.54 bits per heavy atom. The molecule has 2 N–H and O–H groups in total. The highest BCUT2D eigenvalue weighted by Gasteiger charge is 2.12. The first-order chi connectivity index (χ1) is 12.4. The second-order valence-corrected chi connectivity index (χ2v) is 5.30. The molecule has 0 aliphatic carbocycles. The van der Waals surface area contributed by atoms with Crippen molar-refractivity contribution in [1.29, 1.82) is 0 Å². The van der Waals surface area contributed by atoms with Crippen LogP contribution in [0.3, 0.4) is 0 Å². The Morgan fingerprint density at radius 1 is 0.962 bits per heavy atom. The van der Waals surface area contributed by atoms with Gasteiger partial charge in [-0.05, 0) is 24.3 Å². The highest BCUT2D eigenvalue weighted by Crippen LogP contribution is 2.15. The van der Waals surface area contributed by atoms with Crippen molar-refractivity contribution in [2.45, 2.75) is 0 Å². The first-order valence-electron chi connectivity index (χ1n) is 7.26. The zero-order chi connectivity index (χ0) is 18.9. The third-order valence-electron chi connectivity index (χ3n) is 2.90. The van der Waals surface area contributed by atoms with E-state index in [0.29, 0.717) is 15.5 Å². The first-order valence-corrected chi connectivity index (χ1v) is 7.64. The zero-order valence-corrected chi connectivity index (χ0v) is 14.1. The van der Waals surface area contributed by atoms with E-state index in [1.54, 1.807) is 24.3 Å². The molecular formula is C16H14ClN3O6. The van der Waals surface area contributed by atoms with Gasteiger partial charge in [0.05, 0.1) is 5.56 Å². The summed E-state index contributed by atoms with van der Waals surface area (Å²) in [4.78, 5) is 34.8. The first kappa shape index (κ1) is 19.0. The number of rotatable bonds is 6. The van der Waals surface area contributed by atoms with Gasteiger partial charge in [-0.1, -0.05) is 11.6 Å². The number of ether oxygens (including phenoxy) is 2. The number of aromatic nitrogens is 1. The van der Waals surface area contributed by atoms with Crippen LogP contribution < -0.4 is 20.3 Å². The molecule has 1 aromatic carbocycles. The molecule has 2 aromatic rings. The molecule has 0 radical (unpaired) electrons. The fraction of sp³-hybridized carbons (Fsp3) is 0.125. The fourth-order valence-corrected chi connectivity index (χ4v) is 1.78. The minimum absolute atomic E-state index is 0.116. The summed E-state index contributed by atoms with van der Waals surface area (Å²) in [5.74, 6) is -1.69. The van der Waals surface area contributed by atoms with Crippen LogP contribution in [0.2, 0.25) is 5.02 Å². The third-order valence-corrected chi connectivity index (χ3v) is 3.15. The SMILES string of the molecule is O=C(COC(=O)c1cc[n+]([O-])cc1)NNC(=O)COc1ccc(Cl)cc1. The van der Waals surface area contributed by atoms with E-state index in [2.05, 4.69) is 10.9 Å². The van der Waals surface area contributed by atoms with E-state index in [0.717, 1.165) is 12.4 Å². The lowest BCUT2D eigenvalue weighted by Crippen LogP contribution is -2.45. The molecule has 10 heteroatoms. The minimum atomic E-state index is -0.779. The van der Waals surface area contributed by atoms with Crippen LogP contribution in [0.1, 0.15) is 10.4 Å². The Balaban J connectivity index is 1.66. The van der Waals surface area contributed by atoms with Gasteiger partial charge in [-0.2, -0.15) is 4.73 Å². The number of benzene rings is 1. The van der Waals surface area contributed by atoms with Gasteiger partial charge >= 0.3 is 5.97 Å². The van der Waals surface area contributed by atoms with Crippen molar-refractivity contribution in [3.05, 3.63) is 64.6 Å². The van der Waals surface area contributed by atoms with Crippen LogP contribution in [0, 0.1) is 5.21 Å². The molecule has 2 amide bonds. The number of amides is 2. The van der Waals surface area contributed by atoms with Gasteiger partial charge in [-0.25, -0.2) is 4.79 Å². The molecule has 0 atom stereocenters. The van der Waals surface area contributed by atoms with Crippen LogP contribution in [-0.2, 0) is 14.3 Å². The number of carbonyl (C=O) groups is 3. The Bertz CT molecular complexity index is 780. The lowest BCUT2D eigenvalue weighted by atomic mass is 10.3. The van der Waals surface area contributed by atoms with E-state index in [1.807, 2.05) is 0 Å². The van der Waals surface area contributed by atoms with Crippen molar-refractivity contribution in [2.24, 2.45) is 0 Å². The van der Waals surface area contributed by atoms with Crippen molar-refractivity contribution in [1.82, 2.24) is 10.9 Å². The number of hydrazine groups is 1. The summed E-state index contributed by atoms with van der Waals surface area (Å²) >= 11 is 5.72. The molecular weight excluding hydrogens is 366 g/mol. The quantitative estimate of drug-likeness (QED) is 0.323. The molecule has 1 heterocycles. The molecule has 1 aromatic heterocycles. The van der Waals surface area contributed by atoms with Crippen molar-refractivity contribution < 1.29 is 28.6 Å². The van der Waals surface area contributed by atoms with Crippen molar-refractivity contribution >= 4 is 29.4 Å². The lowest BCUT2D eigenvalue weighted by molar-refractivity contribution is -0.605. The molecule has 0 saturated carbocycles. The number of hydrogen-bond donors (Lipinski definition) is 2. The normalized spacial score (nSPS) is 9.88. The van der Waals surface area contributed by atoms with Crippen LogP contribution in [0.4, 0.5) is 0 Å². The van der Waals surface area contributed by atoms with Crippen LogP contribution in [0.15, 0.2) is 48.8 Å². The molecule has 136 valence electrons. The van der Waals surface area contributed by atoms with E-state index in [1.165, 1.54) is 12.1 Å². The summed E-state index contributed by atoms with van der Waals surface area (Å²) in [6.45, 7) is -0.940. The molecule has 0 bridgehead atoms. The van der Waals surface area contributed by atoms with Gasteiger partial charge in [0.15, 0.2) is 25.6 Å². The van der Waals surface area contributed by atoms with Gasteiger partial charge in [0.2, 0.25) is 0 Å². The number of nitrogens with zero attached hydrogens (tertiary/aromatic N) is 1. The zero-order valence-electron chi connectivity index (χ0n) is 13.3. The summed E-state index contributed by atoms with van der Waals surface area (Å²) in [5, 5.41) is 11.4. The number of halogens is 1. The molecule has 9 nitrogen and oxygen atoms in total. The molecule has 0 fully saturated rings. The predicted octanol–water partition coefficient (Wildman–Crippen LogP) is 0.357. The number of pyridine rings is 1. The van der Waals surface area contributed by atoms with Gasteiger partial charge in [0, 0.05) is 17.2 Å². The number of esters is 1. The Labute approximate surface area is 153 Å². The van der Waals surface area contributed by atoms with Gasteiger partial charge in [-0.3, -0.25) is 20.4 Å². The fourth-order valence-electron chi connectivity index (χ4n) is 1.65. The summed E-state index contributed by atoms with van der Waals surface area (Å²) in [6, 6.07) is 8.89. The van der Waals surface area contributed by atoms with Crippen LogP contribution in [0.5, 0.6) is 5.75 Å². The Hall–Kier alpha value is -3.33. The smallest absolute Gasteiger partial charge is 0.339 e. The topological polar surface area (TPSA) is 121 Å². The molecule has 2 rings (SSSR count). The lowest BCUT2D eigenvalue weighted by Gasteiger charge is -2.09. The average molecular weight is 380 g/mol.